The van der Waals surface area contributed by atoms with E-state index in [-0.39, 0.29) is 39.9 Å². The molecule has 0 bridgehead atoms. The van der Waals surface area contributed by atoms with Gasteiger partial charge in [0.2, 0.25) is 25.0 Å². The Morgan fingerprint density at radius 3 is 2.27 bits per heavy atom. The number of carbonyl (C=O) groups is 2. The summed E-state index contributed by atoms with van der Waals surface area (Å²) in [5.74, 6) is -1.60. The number of hydrogen-bond acceptors (Lipinski definition) is 7. The minimum atomic E-state index is -3.77. The van der Waals surface area contributed by atoms with E-state index in [1.54, 1.807) is 26.0 Å². The molecule has 13 heteroatoms. The molecule has 0 aliphatic rings. The SMILES string of the molecule is CCN(CC)S(=O)(=O)c1cccc(C(=O)NNC(=O)c2nc(S(C)(=O)=O)n3ccccc23)c1. The van der Waals surface area contributed by atoms with Gasteiger partial charge in [-0.3, -0.25) is 24.8 Å². The summed E-state index contributed by atoms with van der Waals surface area (Å²) in [4.78, 5) is 29.0. The molecule has 2 N–H and O–H groups in total. The molecule has 0 atom stereocenters. The van der Waals surface area contributed by atoms with Crippen LogP contribution in [0.4, 0.5) is 0 Å². The van der Waals surface area contributed by atoms with Gasteiger partial charge in [0.05, 0.1) is 10.4 Å². The molecule has 0 fully saturated rings. The molecule has 0 aliphatic carbocycles. The van der Waals surface area contributed by atoms with E-state index in [0.717, 1.165) is 6.26 Å². The number of nitrogens with one attached hydrogen (secondary N) is 2. The standard InChI is InChI=1S/C20H23N5O6S2/c1-4-24(5-2)33(30,31)15-10-8-9-14(13-15)18(26)22-23-19(27)17-16-11-6-7-12-25(16)20(21-17)32(3,28)29/h6-13H,4-5H2,1-3H3,(H,22,26)(H,23,27). The zero-order valence-electron chi connectivity index (χ0n) is 18.1. The summed E-state index contributed by atoms with van der Waals surface area (Å²) in [7, 11) is -7.49. The molecule has 11 nitrogen and oxygen atoms in total. The molecule has 2 amide bonds. The fraction of sp³-hybridized carbons (Fsp3) is 0.250. The molecular weight excluding hydrogens is 470 g/mol. The molecule has 0 saturated heterocycles. The summed E-state index contributed by atoms with van der Waals surface area (Å²) in [6.07, 6.45) is 2.42. The fourth-order valence-corrected chi connectivity index (χ4v) is 5.47. The molecule has 0 spiro atoms. The summed E-state index contributed by atoms with van der Waals surface area (Å²) in [6, 6.07) is 10.1. The highest BCUT2D eigenvalue weighted by Crippen LogP contribution is 2.18. The van der Waals surface area contributed by atoms with Crippen LogP contribution in [-0.2, 0) is 19.9 Å². The highest BCUT2D eigenvalue weighted by atomic mass is 32.2. The van der Waals surface area contributed by atoms with Crippen LogP contribution in [0.15, 0.2) is 58.7 Å². The van der Waals surface area contributed by atoms with Crippen LogP contribution in [0, 0.1) is 0 Å². The van der Waals surface area contributed by atoms with Gasteiger partial charge in [0.1, 0.15) is 0 Å². The Bertz CT molecular complexity index is 1430. The average molecular weight is 494 g/mol. The number of amides is 2. The van der Waals surface area contributed by atoms with Crippen molar-refractivity contribution in [3.8, 4) is 0 Å². The molecule has 1 aromatic carbocycles. The zero-order chi connectivity index (χ0) is 24.4. The predicted molar refractivity (Wildman–Crippen MR) is 120 cm³/mol. The lowest BCUT2D eigenvalue weighted by Crippen LogP contribution is -2.42. The maximum absolute atomic E-state index is 12.7. The number of benzene rings is 1. The fourth-order valence-electron chi connectivity index (χ4n) is 3.19. The van der Waals surface area contributed by atoms with Gasteiger partial charge in [-0.1, -0.05) is 26.0 Å². The molecule has 0 radical (unpaired) electrons. The lowest BCUT2D eigenvalue weighted by molar-refractivity contribution is 0.0845. The number of hydrogen-bond donors (Lipinski definition) is 2. The maximum atomic E-state index is 12.7. The monoisotopic (exact) mass is 493 g/mol. The minimum Gasteiger partial charge on any atom is -0.290 e. The number of aromatic nitrogens is 2. The van der Waals surface area contributed by atoms with E-state index in [0.29, 0.717) is 0 Å². The van der Waals surface area contributed by atoms with Gasteiger partial charge in [-0.05, 0) is 30.3 Å². The Balaban J connectivity index is 1.82. The molecule has 3 aromatic rings. The maximum Gasteiger partial charge on any atom is 0.290 e. The van der Waals surface area contributed by atoms with Crippen LogP contribution in [-0.4, -0.2) is 61.7 Å². The Morgan fingerprint density at radius 2 is 1.64 bits per heavy atom. The third-order valence-electron chi connectivity index (χ3n) is 4.79. The lowest BCUT2D eigenvalue weighted by Gasteiger charge is -2.18. The smallest absolute Gasteiger partial charge is 0.290 e. The topological polar surface area (TPSA) is 147 Å². The van der Waals surface area contributed by atoms with Gasteiger partial charge >= 0.3 is 0 Å². The number of nitrogens with zero attached hydrogens (tertiary/aromatic N) is 3. The summed E-state index contributed by atoms with van der Waals surface area (Å²) in [5, 5.41) is -0.316. The number of sulfonamides is 1. The third-order valence-corrected chi connectivity index (χ3v) is 7.79. The Hall–Kier alpha value is -3.29. The van der Waals surface area contributed by atoms with Crippen molar-refractivity contribution in [1.29, 1.82) is 0 Å². The van der Waals surface area contributed by atoms with Crippen molar-refractivity contribution in [1.82, 2.24) is 24.5 Å². The van der Waals surface area contributed by atoms with E-state index in [1.165, 1.54) is 45.2 Å². The van der Waals surface area contributed by atoms with E-state index < -0.39 is 31.7 Å². The highest BCUT2D eigenvalue weighted by molar-refractivity contribution is 7.90. The van der Waals surface area contributed by atoms with Crippen LogP contribution in [0.2, 0.25) is 0 Å². The van der Waals surface area contributed by atoms with Gasteiger partial charge in [-0.25, -0.2) is 21.8 Å². The van der Waals surface area contributed by atoms with E-state index in [1.807, 2.05) is 0 Å². The Morgan fingerprint density at radius 1 is 0.970 bits per heavy atom. The highest BCUT2D eigenvalue weighted by Gasteiger charge is 2.24. The van der Waals surface area contributed by atoms with Crippen LogP contribution in [0.5, 0.6) is 0 Å². The lowest BCUT2D eigenvalue weighted by atomic mass is 10.2. The third kappa shape index (κ3) is 4.89. The molecule has 33 heavy (non-hydrogen) atoms. The minimum absolute atomic E-state index is 0.00931. The first-order chi connectivity index (χ1) is 15.5. The van der Waals surface area contributed by atoms with Crippen LogP contribution >= 0.6 is 0 Å². The zero-order valence-corrected chi connectivity index (χ0v) is 19.8. The number of pyridine rings is 1. The summed E-state index contributed by atoms with van der Waals surface area (Å²) >= 11 is 0. The van der Waals surface area contributed by atoms with Gasteiger partial charge in [0.15, 0.2) is 5.69 Å². The number of hydrazine groups is 1. The molecule has 3 rings (SSSR count). The van der Waals surface area contributed by atoms with Crippen molar-refractivity contribution in [2.75, 3.05) is 19.3 Å². The second-order valence-corrected chi connectivity index (χ2v) is 10.8. The summed E-state index contributed by atoms with van der Waals surface area (Å²) in [5.41, 5.74) is 4.43. The van der Waals surface area contributed by atoms with E-state index in [4.69, 9.17) is 0 Å². The summed E-state index contributed by atoms with van der Waals surface area (Å²) < 4.78 is 51.9. The largest absolute Gasteiger partial charge is 0.290 e. The first-order valence-corrected chi connectivity index (χ1v) is 13.2. The van der Waals surface area contributed by atoms with Crippen LogP contribution in [0.1, 0.15) is 34.7 Å². The van der Waals surface area contributed by atoms with Crippen LogP contribution < -0.4 is 10.9 Å². The first-order valence-electron chi connectivity index (χ1n) is 9.88. The first kappa shape index (κ1) is 24.4. The van der Waals surface area contributed by atoms with Crippen molar-refractivity contribution >= 4 is 37.2 Å². The number of carbonyl (C=O) groups excluding carboxylic acids is 2. The van der Waals surface area contributed by atoms with E-state index in [9.17, 15) is 26.4 Å². The molecule has 0 unspecified atom stereocenters. The van der Waals surface area contributed by atoms with Crippen molar-refractivity contribution < 1.29 is 26.4 Å². The second kappa shape index (κ2) is 9.29. The molecular formula is C20H23N5O6S2. The van der Waals surface area contributed by atoms with Crippen molar-refractivity contribution in [3.05, 3.63) is 59.9 Å². The Kier molecular flexibility index (Phi) is 6.86. The molecule has 2 heterocycles. The van der Waals surface area contributed by atoms with E-state index >= 15 is 0 Å². The normalized spacial score (nSPS) is 12.1. The molecule has 0 saturated carbocycles. The number of rotatable bonds is 7. The van der Waals surface area contributed by atoms with Crippen molar-refractivity contribution in [2.24, 2.45) is 0 Å². The predicted octanol–water partition coefficient (Wildman–Crippen LogP) is 0.843. The number of sulfone groups is 1. The van der Waals surface area contributed by atoms with Crippen molar-refractivity contribution in [3.63, 3.8) is 0 Å². The van der Waals surface area contributed by atoms with Crippen LogP contribution in [0.3, 0.4) is 0 Å². The van der Waals surface area contributed by atoms with E-state index in [2.05, 4.69) is 15.8 Å². The van der Waals surface area contributed by atoms with Gasteiger partial charge in [0.25, 0.3) is 11.8 Å². The number of imidazole rings is 1. The average Bonchev–Trinajstić information content (AvgIpc) is 3.18. The van der Waals surface area contributed by atoms with Gasteiger partial charge < -0.3 is 0 Å². The Labute approximate surface area is 191 Å². The van der Waals surface area contributed by atoms with Gasteiger partial charge in [-0.2, -0.15) is 4.31 Å². The quantitative estimate of drug-likeness (QED) is 0.464. The van der Waals surface area contributed by atoms with Gasteiger partial charge in [-0.15, -0.1) is 0 Å². The molecule has 0 aliphatic heterocycles. The molecule has 176 valence electrons. The number of fused-ring (bicyclic) bond motifs is 1. The summed E-state index contributed by atoms with van der Waals surface area (Å²) in [6.45, 7) is 3.97. The van der Waals surface area contributed by atoms with Crippen molar-refractivity contribution in [2.45, 2.75) is 23.9 Å². The van der Waals surface area contributed by atoms with Crippen LogP contribution in [0.25, 0.3) is 5.52 Å². The second-order valence-electron chi connectivity index (χ2n) is 7.00. The molecule has 2 aromatic heterocycles. The van der Waals surface area contributed by atoms with Gasteiger partial charge in [0, 0.05) is 31.1 Å².